The maximum absolute atomic E-state index is 12.6. The molecule has 0 aromatic heterocycles. The Balaban J connectivity index is 1.73. The molecule has 3 amide bonds. The molecule has 27 heavy (non-hydrogen) atoms. The van der Waals surface area contributed by atoms with E-state index in [4.69, 9.17) is 0 Å². The number of carbonyl (C=O) groups excluding carboxylic acids is 3. The van der Waals surface area contributed by atoms with E-state index in [1.54, 1.807) is 47.4 Å². The van der Waals surface area contributed by atoms with Gasteiger partial charge in [0.15, 0.2) is 0 Å². The monoisotopic (exact) mass is 365 g/mol. The molecule has 140 valence electrons. The first kappa shape index (κ1) is 18.6. The van der Waals surface area contributed by atoms with Gasteiger partial charge in [0.2, 0.25) is 11.8 Å². The van der Waals surface area contributed by atoms with E-state index in [2.05, 4.69) is 10.6 Å². The Labute approximate surface area is 158 Å². The fourth-order valence-corrected chi connectivity index (χ4v) is 3.16. The van der Waals surface area contributed by atoms with E-state index in [0.29, 0.717) is 23.4 Å². The summed E-state index contributed by atoms with van der Waals surface area (Å²) in [5.41, 5.74) is 3.42. The zero-order valence-electron chi connectivity index (χ0n) is 15.5. The normalized spacial score (nSPS) is 14.0. The van der Waals surface area contributed by atoms with Crippen LogP contribution in [-0.4, -0.2) is 24.3 Å². The average molecular weight is 365 g/mol. The van der Waals surface area contributed by atoms with Gasteiger partial charge < -0.3 is 15.5 Å². The van der Waals surface area contributed by atoms with Gasteiger partial charge in [-0.3, -0.25) is 14.4 Å². The number of nitrogens with zero attached hydrogens (tertiary/aromatic N) is 1. The molecule has 1 heterocycles. The Kier molecular flexibility index (Phi) is 5.54. The molecule has 3 rings (SSSR count). The molecule has 0 atom stereocenters. The van der Waals surface area contributed by atoms with E-state index < -0.39 is 0 Å². The first-order valence-electron chi connectivity index (χ1n) is 9.04. The van der Waals surface area contributed by atoms with Crippen molar-refractivity contribution in [2.75, 3.05) is 22.1 Å². The fourth-order valence-electron chi connectivity index (χ4n) is 3.16. The van der Waals surface area contributed by atoms with Gasteiger partial charge >= 0.3 is 0 Å². The summed E-state index contributed by atoms with van der Waals surface area (Å²) in [7, 11) is 0. The SMILES string of the molecule is CC(=O)Nc1cccc(NC(=O)c2ccc(N3CCCCC3=O)cc2)c1C. The summed E-state index contributed by atoms with van der Waals surface area (Å²) < 4.78 is 0. The Morgan fingerprint density at radius 2 is 1.63 bits per heavy atom. The molecule has 1 aliphatic heterocycles. The summed E-state index contributed by atoms with van der Waals surface area (Å²) in [4.78, 5) is 37.6. The molecule has 6 nitrogen and oxygen atoms in total. The molecule has 2 aromatic rings. The highest BCUT2D eigenvalue weighted by Gasteiger charge is 2.19. The summed E-state index contributed by atoms with van der Waals surface area (Å²) in [5, 5.41) is 5.62. The number of carbonyl (C=O) groups is 3. The van der Waals surface area contributed by atoms with Crippen LogP contribution in [0.5, 0.6) is 0 Å². The molecule has 1 aliphatic rings. The highest BCUT2D eigenvalue weighted by atomic mass is 16.2. The van der Waals surface area contributed by atoms with Crippen LogP contribution >= 0.6 is 0 Å². The van der Waals surface area contributed by atoms with Crippen LogP contribution in [0.25, 0.3) is 0 Å². The maximum atomic E-state index is 12.6. The molecule has 0 radical (unpaired) electrons. The lowest BCUT2D eigenvalue weighted by molar-refractivity contribution is -0.119. The number of piperidine rings is 1. The molecule has 2 aromatic carbocycles. The predicted octanol–water partition coefficient (Wildman–Crippen LogP) is 3.72. The van der Waals surface area contributed by atoms with Crippen LogP contribution in [0.4, 0.5) is 17.1 Å². The Morgan fingerprint density at radius 3 is 2.26 bits per heavy atom. The lowest BCUT2D eigenvalue weighted by Crippen LogP contribution is -2.35. The van der Waals surface area contributed by atoms with E-state index in [1.165, 1.54) is 6.92 Å². The fraction of sp³-hybridized carbons (Fsp3) is 0.286. The maximum Gasteiger partial charge on any atom is 0.255 e. The van der Waals surface area contributed by atoms with E-state index in [1.807, 2.05) is 6.92 Å². The topological polar surface area (TPSA) is 78.5 Å². The van der Waals surface area contributed by atoms with Crippen molar-refractivity contribution in [1.82, 2.24) is 0 Å². The summed E-state index contributed by atoms with van der Waals surface area (Å²) >= 11 is 0. The highest BCUT2D eigenvalue weighted by molar-refractivity contribution is 6.05. The van der Waals surface area contributed by atoms with E-state index >= 15 is 0 Å². The molecule has 0 bridgehead atoms. The second-order valence-corrected chi connectivity index (χ2v) is 6.66. The molecular formula is C21H23N3O3. The Morgan fingerprint density at radius 1 is 0.963 bits per heavy atom. The summed E-state index contributed by atoms with van der Waals surface area (Å²) in [6.07, 6.45) is 2.51. The number of benzene rings is 2. The average Bonchev–Trinajstić information content (AvgIpc) is 2.65. The van der Waals surface area contributed by atoms with Gasteiger partial charge in [-0.15, -0.1) is 0 Å². The minimum Gasteiger partial charge on any atom is -0.326 e. The third-order valence-corrected chi connectivity index (χ3v) is 4.66. The van der Waals surface area contributed by atoms with Gasteiger partial charge in [0, 0.05) is 42.5 Å². The van der Waals surface area contributed by atoms with Crippen LogP contribution in [0.3, 0.4) is 0 Å². The summed E-state index contributed by atoms with van der Waals surface area (Å²) in [6, 6.07) is 12.4. The minimum atomic E-state index is -0.241. The second kappa shape index (κ2) is 8.03. The third kappa shape index (κ3) is 4.34. The number of nitrogens with one attached hydrogen (secondary N) is 2. The van der Waals surface area contributed by atoms with Crippen molar-refractivity contribution < 1.29 is 14.4 Å². The van der Waals surface area contributed by atoms with Gasteiger partial charge in [-0.25, -0.2) is 0 Å². The summed E-state index contributed by atoms with van der Waals surface area (Å²) in [5.74, 6) is -0.275. The van der Waals surface area contributed by atoms with Gasteiger partial charge in [0.25, 0.3) is 5.91 Å². The highest BCUT2D eigenvalue weighted by Crippen LogP contribution is 2.25. The van der Waals surface area contributed by atoms with E-state index in [9.17, 15) is 14.4 Å². The van der Waals surface area contributed by atoms with E-state index in [0.717, 1.165) is 30.6 Å². The third-order valence-electron chi connectivity index (χ3n) is 4.66. The number of rotatable bonds is 4. The molecular weight excluding hydrogens is 342 g/mol. The number of hydrogen-bond donors (Lipinski definition) is 2. The molecule has 0 aliphatic carbocycles. The van der Waals surface area contributed by atoms with Crippen LogP contribution in [-0.2, 0) is 9.59 Å². The number of hydrogen-bond acceptors (Lipinski definition) is 3. The van der Waals surface area contributed by atoms with Gasteiger partial charge in [-0.1, -0.05) is 6.07 Å². The quantitative estimate of drug-likeness (QED) is 0.867. The number of amides is 3. The minimum absolute atomic E-state index is 0.129. The molecule has 1 saturated heterocycles. The largest absolute Gasteiger partial charge is 0.326 e. The molecule has 0 unspecified atom stereocenters. The standard InChI is InChI=1S/C21H23N3O3/c1-14-18(22-15(2)25)6-5-7-19(14)23-21(27)16-9-11-17(12-10-16)24-13-4-3-8-20(24)26/h5-7,9-12H,3-4,8,13H2,1-2H3,(H,22,25)(H,23,27). The molecule has 1 fully saturated rings. The number of anilines is 3. The molecule has 6 heteroatoms. The molecule has 0 spiro atoms. The van der Waals surface area contributed by atoms with Crippen molar-refractivity contribution in [2.45, 2.75) is 33.1 Å². The van der Waals surface area contributed by atoms with E-state index in [-0.39, 0.29) is 17.7 Å². The van der Waals surface area contributed by atoms with Crippen molar-refractivity contribution in [3.05, 3.63) is 53.6 Å². The Hall–Kier alpha value is -3.15. The first-order valence-corrected chi connectivity index (χ1v) is 9.04. The van der Waals surface area contributed by atoms with Gasteiger partial charge in [-0.2, -0.15) is 0 Å². The second-order valence-electron chi connectivity index (χ2n) is 6.66. The zero-order valence-corrected chi connectivity index (χ0v) is 15.5. The van der Waals surface area contributed by atoms with Crippen LogP contribution in [0, 0.1) is 6.92 Å². The van der Waals surface area contributed by atoms with Crippen LogP contribution in [0.1, 0.15) is 42.1 Å². The lowest BCUT2D eigenvalue weighted by Gasteiger charge is -2.26. The zero-order chi connectivity index (χ0) is 19.4. The van der Waals surface area contributed by atoms with Crippen molar-refractivity contribution in [3.63, 3.8) is 0 Å². The van der Waals surface area contributed by atoms with Crippen LogP contribution in [0.2, 0.25) is 0 Å². The van der Waals surface area contributed by atoms with Gasteiger partial charge in [0.05, 0.1) is 0 Å². The van der Waals surface area contributed by atoms with Crippen molar-refractivity contribution in [3.8, 4) is 0 Å². The predicted molar refractivity (Wildman–Crippen MR) is 106 cm³/mol. The van der Waals surface area contributed by atoms with Crippen LogP contribution < -0.4 is 15.5 Å². The first-order chi connectivity index (χ1) is 13.0. The molecule has 2 N–H and O–H groups in total. The smallest absolute Gasteiger partial charge is 0.255 e. The van der Waals surface area contributed by atoms with Gasteiger partial charge in [-0.05, 0) is 61.7 Å². The summed E-state index contributed by atoms with van der Waals surface area (Å²) in [6.45, 7) is 4.00. The van der Waals surface area contributed by atoms with Crippen molar-refractivity contribution >= 4 is 34.8 Å². The van der Waals surface area contributed by atoms with Crippen molar-refractivity contribution in [1.29, 1.82) is 0 Å². The van der Waals surface area contributed by atoms with Crippen molar-refractivity contribution in [2.24, 2.45) is 0 Å². The lowest BCUT2D eigenvalue weighted by atomic mass is 10.1. The van der Waals surface area contributed by atoms with Gasteiger partial charge in [0.1, 0.15) is 0 Å². The van der Waals surface area contributed by atoms with Crippen LogP contribution in [0.15, 0.2) is 42.5 Å². The Bertz CT molecular complexity index is 875. The molecule has 0 saturated carbocycles.